The monoisotopic (exact) mass is 489 g/mol. The second-order valence-corrected chi connectivity index (χ2v) is 8.96. The van der Waals surface area contributed by atoms with Crippen molar-refractivity contribution in [2.45, 2.75) is 20.1 Å². The minimum Gasteiger partial charge on any atom is -0.507 e. The number of hydrogen-bond donors (Lipinski definition) is 1. The van der Waals surface area contributed by atoms with Crippen LogP contribution in [0.2, 0.25) is 0 Å². The average Bonchev–Trinajstić information content (AvgIpc) is 3.02. The maximum atomic E-state index is 13.6. The van der Waals surface area contributed by atoms with Crippen molar-refractivity contribution < 1.29 is 19.4 Å². The highest BCUT2D eigenvalue weighted by Crippen LogP contribution is 2.41. The van der Waals surface area contributed by atoms with E-state index in [0.717, 1.165) is 16.7 Å². The van der Waals surface area contributed by atoms with E-state index in [0.29, 0.717) is 40.6 Å². The Hall–Kier alpha value is -4.64. The van der Waals surface area contributed by atoms with Gasteiger partial charge in [0.05, 0.1) is 0 Å². The van der Waals surface area contributed by atoms with Crippen molar-refractivity contribution in [3.05, 3.63) is 125 Å². The fourth-order valence-corrected chi connectivity index (χ4v) is 4.35. The van der Waals surface area contributed by atoms with Crippen LogP contribution in [0.4, 0.5) is 0 Å². The molecular formula is C32H27NO4. The molecular weight excluding hydrogens is 462 g/mol. The first-order chi connectivity index (χ1) is 18.0. The number of carbonyl (C=O) groups excluding carboxylic acids is 1. The van der Waals surface area contributed by atoms with Crippen molar-refractivity contribution in [3.63, 3.8) is 0 Å². The molecule has 0 saturated heterocycles. The standard InChI is InChI=1S/C32H27NO4/c1-21-22(2)31(35)27(18-25-14-9-15-28(34)30(21)25)26-16-17-29(36-19-23-10-5-3-6-11-23)33-32(26)37-20-24-12-7-4-8-13-24/h3-18,22,34H,1,19-20H2,2H3. The van der Waals surface area contributed by atoms with Gasteiger partial charge in [-0.15, -0.1) is 0 Å². The van der Waals surface area contributed by atoms with Gasteiger partial charge in [0.2, 0.25) is 11.8 Å². The number of hydrogen-bond acceptors (Lipinski definition) is 5. The fraction of sp³-hybridized carbons (Fsp3) is 0.125. The molecule has 0 radical (unpaired) electrons. The number of fused-ring (bicyclic) bond motifs is 1. The van der Waals surface area contributed by atoms with E-state index in [9.17, 15) is 9.90 Å². The summed E-state index contributed by atoms with van der Waals surface area (Å²) in [6, 6.07) is 28.4. The molecule has 1 N–H and O–H groups in total. The number of phenols is 1. The Morgan fingerprint density at radius 3 is 2.16 bits per heavy atom. The molecule has 184 valence electrons. The second kappa shape index (κ2) is 10.5. The summed E-state index contributed by atoms with van der Waals surface area (Å²) in [5.41, 5.74) is 4.88. The van der Waals surface area contributed by atoms with Crippen LogP contribution in [0.15, 0.2) is 97.6 Å². The summed E-state index contributed by atoms with van der Waals surface area (Å²) >= 11 is 0. The summed E-state index contributed by atoms with van der Waals surface area (Å²) in [6.07, 6.45) is 1.78. The molecule has 0 spiro atoms. The van der Waals surface area contributed by atoms with Crippen LogP contribution in [0.1, 0.15) is 34.7 Å². The lowest BCUT2D eigenvalue weighted by Gasteiger charge is -2.17. The predicted octanol–water partition coefficient (Wildman–Crippen LogP) is 6.72. The zero-order valence-corrected chi connectivity index (χ0v) is 20.6. The number of Topliss-reactive ketones (excluding diaryl/α,β-unsaturated/α-hetero) is 1. The number of ketones is 1. The molecule has 5 heteroatoms. The molecule has 0 amide bonds. The van der Waals surface area contributed by atoms with E-state index in [1.54, 1.807) is 37.3 Å². The van der Waals surface area contributed by atoms with E-state index in [1.807, 2.05) is 66.7 Å². The molecule has 1 unspecified atom stereocenters. The quantitative estimate of drug-likeness (QED) is 0.312. The van der Waals surface area contributed by atoms with Crippen LogP contribution in [0.3, 0.4) is 0 Å². The van der Waals surface area contributed by atoms with Gasteiger partial charge in [0.1, 0.15) is 19.0 Å². The molecule has 1 aliphatic rings. The van der Waals surface area contributed by atoms with Gasteiger partial charge in [-0.25, -0.2) is 0 Å². The number of carbonyl (C=O) groups is 1. The van der Waals surface area contributed by atoms with Crippen LogP contribution in [0.25, 0.3) is 17.2 Å². The zero-order valence-electron chi connectivity index (χ0n) is 20.6. The number of benzene rings is 3. The van der Waals surface area contributed by atoms with Crippen LogP contribution in [-0.2, 0) is 18.0 Å². The van der Waals surface area contributed by atoms with Gasteiger partial charge >= 0.3 is 0 Å². The summed E-state index contributed by atoms with van der Waals surface area (Å²) in [4.78, 5) is 18.3. The SMILES string of the molecule is C=C1c2c(O)cccc2C=C(c2ccc(OCc3ccccc3)nc2OCc2ccccc2)C(=O)C1C. The minimum atomic E-state index is -0.531. The smallest absolute Gasteiger partial charge is 0.225 e. The number of aromatic hydroxyl groups is 1. The summed E-state index contributed by atoms with van der Waals surface area (Å²) in [5.74, 6) is 0.146. The highest BCUT2D eigenvalue weighted by atomic mass is 16.5. The molecule has 0 saturated carbocycles. The third-order valence-electron chi connectivity index (χ3n) is 6.45. The predicted molar refractivity (Wildman–Crippen MR) is 145 cm³/mol. The van der Waals surface area contributed by atoms with Crippen molar-refractivity contribution in [2.24, 2.45) is 5.92 Å². The minimum absolute atomic E-state index is 0.1000. The van der Waals surface area contributed by atoms with Gasteiger partial charge in [-0.1, -0.05) is 86.3 Å². The van der Waals surface area contributed by atoms with E-state index >= 15 is 0 Å². The first-order valence-corrected chi connectivity index (χ1v) is 12.1. The van der Waals surface area contributed by atoms with Crippen molar-refractivity contribution in [1.29, 1.82) is 0 Å². The molecule has 5 rings (SSSR count). The summed E-state index contributed by atoms with van der Waals surface area (Å²) in [6.45, 7) is 6.56. The molecule has 0 bridgehead atoms. The lowest BCUT2D eigenvalue weighted by Crippen LogP contribution is -2.14. The third-order valence-corrected chi connectivity index (χ3v) is 6.45. The molecule has 1 aliphatic carbocycles. The van der Waals surface area contributed by atoms with E-state index in [4.69, 9.17) is 9.47 Å². The molecule has 1 atom stereocenters. The maximum absolute atomic E-state index is 13.6. The van der Waals surface area contributed by atoms with Crippen molar-refractivity contribution in [3.8, 4) is 17.5 Å². The Balaban J connectivity index is 1.54. The number of phenolic OH excluding ortho intramolecular Hbond substituents is 1. The number of aromatic nitrogens is 1. The Morgan fingerprint density at radius 2 is 1.49 bits per heavy atom. The highest BCUT2D eigenvalue weighted by molar-refractivity contribution is 6.30. The van der Waals surface area contributed by atoms with Gasteiger partial charge < -0.3 is 14.6 Å². The molecule has 0 aliphatic heterocycles. The third kappa shape index (κ3) is 5.16. The molecule has 1 heterocycles. The van der Waals surface area contributed by atoms with Gasteiger partial charge in [0, 0.05) is 28.7 Å². The lowest BCUT2D eigenvalue weighted by atomic mass is 9.89. The van der Waals surface area contributed by atoms with Gasteiger partial charge in [0.25, 0.3) is 0 Å². The number of allylic oxidation sites excluding steroid dienone is 2. The van der Waals surface area contributed by atoms with Crippen molar-refractivity contribution in [1.82, 2.24) is 4.98 Å². The molecule has 37 heavy (non-hydrogen) atoms. The first-order valence-electron chi connectivity index (χ1n) is 12.1. The normalized spacial score (nSPS) is 14.9. The lowest BCUT2D eigenvalue weighted by molar-refractivity contribution is -0.115. The number of ether oxygens (including phenoxy) is 2. The largest absolute Gasteiger partial charge is 0.507 e. The van der Waals surface area contributed by atoms with E-state index in [2.05, 4.69) is 11.6 Å². The van der Waals surface area contributed by atoms with E-state index in [-0.39, 0.29) is 18.1 Å². The molecule has 0 fully saturated rings. The number of rotatable bonds is 7. The van der Waals surface area contributed by atoms with Crippen LogP contribution in [0, 0.1) is 5.92 Å². The van der Waals surface area contributed by atoms with E-state index in [1.165, 1.54) is 0 Å². The Bertz CT molecular complexity index is 1480. The fourth-order valence-electron chi connectivity index (χ4n) is 4.35. The first kappa shape index (κ1) is 24.1. The van der Waals surface area contributed by atoms with Crippen LogP contribution < -0.4 is 9.47 Å². The maximum Gasteiger partial charge on any atom is 0.225 e. The van der Waals surface area contributed by atoms with Crippen LogP contribution in [0.5, 0.6) is 17.5 Å². The summed E-state index contributed by atoms with van der Waals surface area (Å²) < 4.78 is 12.1. The highest BCUT2D eigenvalue weighted by Gasteiger charge is 2.30. The average molecular weight is 490 g/mol. The molecule has 1 aromatic heterocycles. The zero-order chi connectivity index (χ0) is 25.8. The van der Waals surface area contributed by atoms with Gasteiger partial charge in [0.15, 0.2) is 5.78 Å². The summed E-state index contributed by atoms with van der Waals surface area (Å²) in [5, 5.41) is 10.5. The van der Waals surface area contributed by atoms with Crippen LogP contribution >= 0.6 is 0 Å². The molecule has 3 aromatic carbocycles. The van der Waals surface area contributed by atoms with Crippen molar-refractivity contribution >= 4 is 23.0 Å². The van der Waals surface area contributed by atoms with E-state index < -0.39 is 5.92 Å². The Kier molecular flexibility index (Phi) is 6.86. The number of nitrogens with zero attached hydrogens (tertiary/aromatic N) is 1. The van der Waals surface area contributed by atoms with Crippen LogP contribution in [-0.4, -0.2) is 15.9 Å². The van der Waals surface area contributed by atoms with Gasteiger partial charge in [-0.2, -0.15) is 4.98 Å². The second-order valence-electron chi connectivity index (χ2n) is 8.96. The number of pyridine rings is 1. The molecule has 5 nitrogen and oxygen atoms in total. The Labute approximate surface area is 216 Å². The molecule has 4 aromatic rings. The summed E-state index contributed by atoms with van der Waals surface area (Å²) in [7, 11) is 0. The topological polar surface area (TPSA) is 68.7 Å². The van der Waals surface area contributed by atoms with Crippen molar-refractivity contribution in [2.75, 3.05) is 0 Å². The Morgan fingerprint density at radius 1 is 0.838 bits per heavy atom. The van der Waals surface area contributed by atoms with Gasteiger partial charge in [-0.3, -0.25) is 4.79 Å². The van der Waals surface area contributed by atoms with Gasteiger partial charge in [-0.05, 0) is 40.5 Å².